The molecular weight excluding hydrogens is 436 g/mol. The van der Waals surface area contributed by atoms with Crippen molar-refractivity contribution in [2.75, 3.05) is 31.1 Å². The number of hydrogen-bond acceptors (Lipinski definition) is 9. The third-order valence-electron chi connectivity index (χ3n) is 5.48. The first-order valence-corrected chi connectivity index (χ1v) is 11.6. The molecule has 11 nitrogen and oxygen atoms in total. The number of hydrogen-bond donors (Lipinski definition) is 2. The molecule has 4 rings (SSSR count). The van der Waals surface area contributed by atoms with Gasteiger partial charge in [-0.3, -0.25) is 23.7 Å². The number of carbonyl (C=O) groups excluding carboxylic acids is 3. The molecule has 2 aromatic heterocycles. The summed E-state index contributed by atoms with van der Waals surface area (Å²) in [7, 11) is 0. The molecule has 1 aliphatic carbocycles. The Kier molecular flexibility index (Phi) is 6.68. The summed E-state index contributed by atoms with van der Waals surface area (Å²) in [5.41, 5.74) is -0.0180. The van der Waals surface area contributed by atoms with Crippen molar-refractivity contribution in [1.29, 1.82) is 0 Å². The van der Waals surface area contributed by atoms with E-state index in [0.717, 1.165) is 25.7 Å². The zero-order valence-corrected chi connectivity index (χ0v) is 18.7. The maximum absolute atomic E-state index is 12.8. The van der Waals surface area contributed by atoms with Gasteiger partial charge in [0.05, 0.1) is 6.61 Å². The smallest absolute Gasteiger partial charge is 0.325 e. The molecule has 3 heterocycles. The van der Waals surface area contributed by atoms with Crippen LogP contribution in [0.5, 0.6) is 0 Å². The zero-order chi connectivity index (χ0) is 22.7. The molecule has 0 bridgehead atoms. The highest BCUT2D eigenvalue weighted by Gasteiger charge is 2.30. The van der Waals surface area contributed by atoms with E-state index in [2.05, 4.69) is 25.5 Å². The number of carbonyl (C=O) groups is 3. The molecule has 2 aliphatic rings. The monoisotopic (exact) mass is 462 g/mol. The van der Waals surface area contributed by atoms with Crippen LogP contribution in [-0.2, 0) is 25.7 Å². The normalized spacial score (nSPS) is 16.7. The first-order chi connectivity index (χ1) is 15.4. The molecule has 1 saturated heterocycles. The molecule has 2 amide bonds. The fourth-order valence-corrected chi connectivity index (χ4v) is 4.58. The fourth-order valence-electron chi connectivity index (χ4n) is 3.56. The number of esters is 1. The number of anilines is 1. The van der Waals surface area contributed by atoms with E-state index in [9.17, 15) is 19.2 Å². The maximum atomic E-state index is 12.8. The summed E-state index contributed by atoms with van der Waals surface area (Å²) in [5.74, 6) is -0.868. The molecule has 2 N–H and O–H groups in total. The van der Waals surface area contributed by atoms with Gasteiger partial charge in [-0.1, -0.05) is 11.3 Å². The van der Waals surface area contributed by atoms with Crippen LogP contribution in [0.2, 0.25) is 0 Å². The van der Waals surface area contributed by atoms with E-state index in [1.165, 1.54) is 22.2 Å². The summed E-state index contributed by atoms with van der Waals surface area (Å²) >= 11 is 1.24. The van der Waals surface area contributed by atoms with Gasteiger partial charge in [0.1, 0.15) is 24.1 Å². The van der Waals surface area contributed by atoms with Crippen LogP contribution in [0.15, 0.2) is 11.1 Å². The summed E-state index contributed by atoms with van der Waals surface area (Å²) in [5, 5.41) is 6.18. The largest absolute Gasteiger partial charge is 0.465 e. The van der Waals surface area contributed by atoms with Gasteiger partial charge in [-0.25, -0.2) is 4.98 Å². The van der Waals surface area contributed by atoms with Crippen molar-refractivity contribution in [3.8, 4) is 0 Å². The summed E-state index contributed by atoms with van der Waals surface area (Å²) < 4.78 is 6.32. The second-order valence-electron chi connectivity index (χ2n) is 7.95. The lowest BCUT2D eigenvalue weighted by atomic mass is 9.96. The average molecular weight is 463 g/mol. The number of piperidine rings is 1. The van der Waals surface area contributed by atoms with Gasteiger partial charge >= 0.3 is 5.97 Å². The lowest BCUT2D eigenvalue weighted by Crippen LogP contribution is -2.41. The predicted molar refractivity (Wildman–Crippen MR) is 117 cm³/mol. The highest BCUT2D eigenvalue weighted by molar-refractivity contribution is 7.22. The number of nitrogens with zero attached hydrogens (tertiary/aromatic N) is 4. The van der Waals surface area contributed by atoms with Gasteiger partial charge in [0, 0.05) is 25.0 Å². The molecule has 0 unspecified atom stereocenters. The van der Waals surface area contributed by atoms with Gasteiger partial charge in [0.2, 0.25) is 11.8 Å². The molecule has 2 fully saturated rings. The van der Waals surface area contributed by atoms with Crippen molar-refractivity contribution in [1.82, 2.24) is 25.2 Å². The molecule has 0 atom stereocenters. The van der Waals surface area contributed by atoms with Gasteiger partial charge in [0.15, 0.2) is 10.8 Å². The minimum Gasteiger partial charge on any atom is -0.465 e. The average Bonchev–Trinajstić information content (AvgIpc) is 3.49. The Morgan fingerprint density at radius 1 is 1.22 bits per heavy atom. The second-order valence-corrected chi connectivity index (χ2v) is 8.93. The van der Waals surface area contributed by atoms with Gasteiger partial charge in [-0.2, -0.15) is 4.98 Å². The fraction of sp³-hybridized carbons (Fsp3) is 0.600. The Hall–Kier alpha value is -3.02. The third-order valence-corrected chi connectivity index (χ3v) is 6.58. The number of fused-ring (bicyclic) bond motifs is 1. The Morgan fingerprint density at radius 2 is 1.97 bits per heavy atom. The number of aromatic nitrogens is 3. The number of nitrogens with one attached hydrogen (secondary N) is 2. The van der Waals surface area contributed by atoms with E-state index in [1.807, 2.05) is 0 Å². The topological polar surface area (TPSA) is 136 Å². The molecule has 32 heavy (non-hydrogen) atoms. The quantitative estimate of drug-likeness (QED) is 0.525. The SMILES string of the molecule is CCOC(=O)CNC(=O)Cn1cnc2nc(N3CCC(C(=O)NC4CC4)CC3)sc2c1=O. The molecule has 0 spiro atoms. The van der Waals surface area contributed by atoms with Crippen molar-refractivity contribution < 1.29 is 19.1 Å². The molecule has 1 saturated carbocycles. The van der Waals surface area contributed by atoms with E-state index in [1.54, 1.807) is 6.92 Å². The van der Waals surface area contributed by atoms with Crippen molar-refractivity contribution >= 4 is 44.6 Å². The van der Waals surface area contributed by atoms with E-state index < -0.39 is 11.9 Å². The number of amides is 2. The number of ether oxygens (including phenoxy) is 1. The molecule has 2 aromatic rings. The van der Waals surface area contributed by atoms with Crippen LogP contribution in [0.4, 0.5) is 5.13 Å². The van der Waals surface area contributed by atoms with Gasteiger partial charge in [-0.15, -0.1) is 0 Å². The van der Waals surface area contributed by atoms with Crippen LogP contribution in [0, 0.1) is 5.92 Å². The maximum Gasteiger partial charge on any atom is 0.325 e. The van der Waals surface area contributed by atoms with E-state index in [4.69, 9.17) is 4.74 Å². The molecular formula is C20H26N6O5S. The molecule has 12 heteroatoms. The summed E-state index contributed by atoms with van der Waals surface area (Å²) in [6.45, 7) is 2.78. The number of thiazole rings is 1. The Labute approximate surface area is 188 Å². The van der Waals surface area contributed by atoms with Crippen molar-refractivity contribution in [2.45, 2.75) is 45.2 Å². The minimum atomic E-state index is -0.539. The Bertz CT molecular complexity index is 1070. The van der Waals surface area contributed by atoms with Crippen molar-refractivity contribution in [3.05, 3.63) is 16.7 Å². The van der Waals surface area contributed by atoms with Crippen LogP contribution in [0.1, 0.15) is 32.6 Å². The Morgan fingerprint density at radius 3 is 2.66 bits per heavy atom. The lowest BCUT2D eigenvalue weighted by Gasteiger charge is -2.30. The van der Waals surface area contributed by atoms with Gasteiger partial charge in [0.25, 0.3) is 5.56 Å². The second kappa shape index (κ2) is 9.63. The molecule has 0 aromatic carbocycles. The van der Waals surface area contributed by atoms with Crippen molar-refractivity contribution in [2.24, 2.45) is 5.92 Å². The van der Waals surface area contributed by atoms with Gasteiger partial charge in [-0.05, 0) is 32.6 Å². The highest BCUT2D eigenvalue weighted by Crippen LogP contribution is 2.29. The standard InChI is InChI=1S/C20H26N6O5S/c1-2-31-15(28)9-21-14(27)10-26-11-22-17-16(19(26)30)32-20(24-17)25-7-5-12(6-8-25)18(29)23-13-3-4-13/h11-13H,2-10H2,1H3,(H,21,27)(H,23,29). The third kappa shape index (κ3) is 5.23. The molecule has 0 radical (unpaired) electrons. The number of rotatable bonds is 8. The lowest BCUT2D eigenvalue weighted by molar-refractivity contribution is -0.143. The molecule has 172 valence electrons. The van der Waals surface area contributed by atoms with Crippen LogP contribution in [0.3, 0.4) is 0 Å². The van der Waals surface area contributed by atoms with E-state index >= 15 is 0 Å². The molecule has 1 aliphatic heterocycles. The Balaban J connectivity index is 1.37. The predicted octanol–water partition coefficient (Wildman–Crippen LogP) is 0.0273. The van der Waals surface area contributed by atoms with E-state index in [0.29, 0.717) is 34.6 Å². The van der Waals surface area contributed by atoms with Crippen LogP contribution >= 0.6 is 11.3 Å². The summed E-state index contributed by atoms with van der Waals surface area (Å²) in [4.78, 5) is 59.2. The minimum absolute atomic E-state index is 0.0182. The van der Waals surface area contributed by atoms with Gasteiger partial charge < -0.3 is 20.3 Å². The van der Waals surface area contributed by atoms with Crippen molar-refractivity contribution in [3.63, 3.8) is 0 Å². The zero-order valence-electron chi connectivity index (χ0n) is 17.8. The summed E-state index contributed by atoms with van der Waals surface area (Å²) in [6, 6.07) is 0.366. The first-order valence-electron chi connectivity index (χ1n) is 10.8. The first kappa shape index (κ1) is 22.2. The van der Waals surface area contributed by atoms with Crippen LogP contribution < -0.4 is 21.1 Å². The van der Waals surface area contributed by atoms with Crippen LogP contribution in [-0.4, -0.2) is 64.6 Å². The van der Waals surface area contributed by atoms with E-state index in [-0.39, 0.29) is 37.1 Å². The van der Waals surface area contributed by atoms with Crippen LogP contribution in [0.25, 0.3) is 10.3 Å². The summed E-state index contributed by atoms with van der Waals surface area (Å²) in [6.07, 6.45) is 4.92. The highest BCUT2D eigenvalue weighted by atomic mass is 32.1.